The number of fused-ring (bicyclic) bond motifs is 9. The predicted octanol–water partition coefficient (Wildman–Crippen LogP) is 11.8. The molecule has 51 heavy (non-hydrogen) atoms. The van der Waals surface area contributed by atoms with Crippen molar-refractivity contribution in [3.63, 3.8) is 0 Å². The van der Waals surface area contributed by atoms with Gasteiger partial charge in [0.05, 0.1) is 23.6 Å². The van der Waals surface area contributed by atoms with Crippen LogP contribution >= 0.6 is 0 Å². The van der Waals surface area contributed by atoms with E-state index in [0.717, 1.165) is 54.6 Å². The second-order valence-corrected chi connectivity index (χ2v) is 12.4. The Kier molecular flexibility index (Phi) is 4.91. The minimum atomic E-state index is -0.498. The fourth-order valence-corrected chi connectivity index (χ4v) is 7.34. The number of para-hydroxylation sites is 4. The van der Waals surface area contributed by atoms with E-state index in [1.165, 1.54) is 0 Å². The quantitative estimate of drug-likeness (QED) is 0.188. The molecule has 0 aliphatic carbocycles. The average molecular weight is 660 g/mol. The van der Waals surface area contributed by atoms with Gasteiger partial charge in [-0.25, -0.2) is 15.0 Å². The Balaban J connectivity index is 1.18. The van der Waals surface area contributed by atoms with Crippen LogP contribution in [0.5, 0.6) is 0 Å². The minimum absolute atomic E-state index is 0.0533. The molecule has 0 aliphatic heterocycles. The lowest BCUT2D eigenvalue weighted by Gasteiger charge is -2.10. The zero-order valence-electron chi connectivity index (χ0n) is 31.7. The highest BCUT2D eigenvalue weighted by molar-refractivity contribution is 6.16. The molecule has 0 fully saturated rings. The highest BCUT2D eigenvalue weighted by Gasteiger charge is 2.21. The topological polar surface area (TPSA) is 69.9 Å². The van der Waals surface area contributed by atoms with Crippen LogP contribution in [0.2, 0.25) is 0 Å². The number of aromatic nitrogens is 4. The summed E-state index contributed by atoms with van der Waals surface area (Å²) < 4.78 is 57.8. The molecule has 11 rings (SSSR count). The smallest absolute Gasteiger partial charge is 0.164 e. The van der Waals surface area contributed by atoms with Gasteiger partial charge in [0, 0.05) is 49.0 Å². The molecule has 4 heterocycles. The molecule has 0 radical (unpaired) electrons. The fourth-order valence-electron chi connectivity index (χ4n) is 7.34. The lowest BCUT2D eigenvalue weighted by atomic mass is 10.0. The zero-order valence-corrected chi connectivity index (χ0v) is 26.7. The van der Waals surface area contributed by atoms with Gasteiger partial charge in [-0.3, -0.25) is 0 Å². The van der Waals surface area contributed by atoms with Gasteiger partial charge >= 0.3 is 0 Å². The first-order valence-electron chi connectivity index (χ1n) is 19.0. The lowest BCUT2D eigenvalue weighted by Crippen LogP contribution is -2.00. The first-order chi connectivity index (χ1) is 27.4. The Labute approximate surface area is 297 Å². The van der Waals surface area contributed by atoms with Gasteiger partial charge in [-0.2, -0.15) is 0 Å². The van der Waals surface area contributed by atoms with Gasteiger partial charge in [0.2, 0.25) is 0 Å². The summed E-state index contributed by atoms with van der Waals surface area (Å²) in [5, 5.41) is 5.78. The monoisotopic (exact) mass is 659 g/mol. The second-order valence-electron chi connectivity index (χ2n) is 12.4. The van der Waals surface area contributed by atoms with Crippen molar-refractivity contribution >= 4 is 65.7 Å². The third kappa shape index (κ3) is 4.20. The van der Waals surface area contributed by atoms with Crippen LogP contribution in [0, 0.1) is 0 Å². The van der Waals surface area contributed by atoms with Crippen molar-refractivity contribution in [3.8, 4) is 39.9 Å². The van der Waals surface area contributed by atoms with E-state index in [4.69, 9.17) is 30.6 Å². The number of benzene rings is 7. The molecule has 238 valence electrons. The average Bonchev–Trinajstić information content (AvgIpc) is 3.91. The molecule has 6 nitrogen and oxygen atoms in total. The van der Waals surface area contributed by atoms with E-state index in [1.807, 2.05) is 97.1 Å². The van der Waals surface area contributed by atoms with Crippen LogP contribution in [0.3, 0.4) is 0 Å². The molecule has 0 saturated carbocycles. The zero-order chi connectivity index (χ0) is 37.8. The van der Waals surface area contributed by atoms with E-state index in [0.29, 0.717) is 27.9 Å². The van der Waals surface area contributed by atoms with E-state index < -0.39 is 30.2 Å². The molecule has 0 unspecified atom stereocenters. The number of hydrogen-bond acceptors (Lipinski definition) is 5. The third-order valence-corrected chi connectivity index (χ3v) is 9.56. The van der Waals surface area contributed by atoms with Crippen molar-refractivity contribution in [1.82, 2.24) is 19.5 Å². The van der Waals surface area contributed by atoms with E-state index >= 15 is 0 Å². The Bertz CT molecular complexity index is 3380. The SMILES string of the molecule is [2H]c1c([2H])c([2H])c(-c2nc(-c3ccc4c(c3)oc3ccccc34)nc(-c3cccc4oc5c(-n6c7ccccc7c7ccccc76)cccc5c34)n2)c([2H])c1[2H]. The molecule has 0 saturated heterocycles. The van der Waals surface area contributed by atoms with Crippen molar-refractivity contribution in [3.05, 3.63) is 158 Å². The molecule has 7 aromatic carbocycles. The van der Waals surface area contributed by atoms with Crippen LogP contribution in [0.1, 0.15) is 6.85 Å². The first-order valence-corrected chi connectivity index (χ1v) is 16.5. The molecule has 0 amide bonds. The van der Waals surface area contributed by atoms with Crippen molar-refractivity contribution in [1.29, 1.82) is 0 Å². The molecule has 6 heteroatoms. The van der Waals surface area contributed by atoms with E-state index in [1.54, 1.807) is 0 Å². The molecule has 0 N–H and O–H groups in total. The summed E-state index contributed by atoms with van der Waals surface area (Å²) in [6.45, 7) is 0. The maximum Gasteiger partial charge on any atom is 0.164 e. The summed E-state index contributed by atoms with van der Waals surface area (Å²) in [7, 11) is 0. The maximum atomic E-state index is 8.81. The number of furan rings is 2. The number of hydrogen-bond donors (Lipinski definition) is 0. The van der Waals surface area contributed by atoms with Crippen LogP contribution in [0.4, 0.5) is 0 Å². The molecule has 0 spiro atoms. The normalized spacial score (nSPS) is 13.3. The van der Waals surface area contributed by atoms with Crippen molar-refractivity contribution in [2.24, 2.45) is 0 Å². The lowest BCUT2D eigenvalue weighted by molar-refractivity contribution is 0.666. The van der Waals surface area contributed by atoms with E-state index in [-0.39, 0.29) is 23.0 Å². The Hall–Kier alpha value is -7.05. The Morgan fingerprint density at radius 2 is 1.10 bits per heavy atom. The first kappa shape index (κ1) is 23.3. The molecule has 4 aromatic heterocycles. The highest BCUT2D eigenvalue weighted by atomic mass is 16.3. The highest BCUT2D eigenvalue weighted by Crippen LogP contribution is 2.41. The summed E-state index contributed by atoms with van der Waals surface area (Å²) in [5.74, 6) is 0.439. The molecule has 0 aliphatic rings. The van der Waals surface area contributed by atoms with E-state index in [2.05, 4.69) is 34.9 Å². The predicted molar refractivity (Wildman–Crippen MR) is 205 cm³/mol. The number of rotatable bonds is 4. The number of nitrogens with zero attached hydrogens (tertiary/aromatic N) is 4. The van der Waals surface area contributed by atoms with Gasteiger partial charge in [0.1, 0.15) is 16.7 Å². The molecule has 0 atom stereocenters. The molecule has 0 bridgehead atoms. The summed E-state index contributed by atoms with van der Waals surface area (Å²) in [6, 6.07) is 39.6. The van der Waals surface area contributed by atoms with Gasteiger partial charge in [-0.05, 0) is 42.5 Å². The maximum absolute atomic E-state index is 8.81. The summed E-state index contributed by atoms with van der Waals surface area (Å²) in [4.78, 5) is 14.6. The van der Waals surface area contributed by atoms with Crippen LogP contribution in [-0.4, -0.2) is 19.5 Å². The van der Waals surface area contributed by atoms with E-state index in [9.17, 15) is 0 Å². The minimum Gasteiger partial charge on any atom is -0.456 e. The molecular weight excluding hydrogens is 629 g/mol. The second kappa shape index (κ2) is 10.7. The standard InChI is InChI=1S/C45H26N4O2/c1-2-12-27(13-3-1)43-46-44(28-24-25-32-31-16-6-9-22-38(31)50-40(32)26-28)48-45(47-43)34-18-11-23-39-41(34)33-17-10-21-37(42(33)51-39)49-35-19-7-4-14-29(35)30-15-5-8-20-36(30)49/h1-26H/i1D,2D,3D,12D,13D. The Morgan fingerprint density at radius 3 is 1.90 bits per heavy atom. The van der Waals surface area contributed by atoms with Crippen LogP contribution < -0.4 is 0 Å². The fraction of sp³-hybridized carbons (Fsp3) is 0. The molecular formula is C45H26N4O2. The largest absolute Gasteiger partial charge is 0.456 e. The van der Waals surface area contributed by atoms with Gasteiger partial charge in [0.25, 0.3) is 0 Å². The van der Waals surface area contributed by atoms with Gasteiger partial charge in [-0.1, -0.05) is 115 Å². The van der Waals surface area contributed by atoms with Crippen molar-refractivity contribution in [2.75, 3.05) is 0 Å². The van der Waals surface area contributed by atoms with Crippen molar-refractivity contribution in [2.45, 2.75) is 0 Å². The Morgan fingerprint density at radius 1 is 0.471 bits per heavy atom. The van der Waals surface area contributed by atoms with Gasteiger partial charge in [0.15, 0.2) is 23.1 Å². The van der Waals surface area contributed by atoms with Crippen LogP contribution in [-0.2, 0) is 0 Å². The van der Waals surface area contributed by atoms with Crippen molar-refractivity contribution < 1.29 is 15.7 Å². The molecule has 11 aromatic rings. The van der Waals surface area contributed by atoms with Gasteiger partial charge < -0.3 is 13.4 Å². The summed E-state index contributed by atoms with van der Waals surface area (Å²) in [6.07, 6.45) is 0. The van der Waals surface area contributed by atoms with Gasteiger partial charge in [-0.15, -0.1) is 0 Å². The third-order valence-electron chi connectivity index (χ3n) is 9.56. The van der Waals surface area contributed by atoms with Crippen LogP contribution in [0.15, 0.2) is 166 Å². The summed E-state index contributed by atoms with van der Waals surface area (Å²) in [5.41, 5.74) is 6.75. The van der Waals surface area contributed by atoms with Crippen LogP contribution in [0.25, 0.3) is 106 Å². The summed E-state index contributed by atoms with van der Waals surface area (Å²) >= 11 is 0.